The molecule has 0 fully saturated rings. The van der Waals surface area contributed by atoms with Gasteiger partial charge >= 0.3 is 0 Å². The lowest BCUT2D eigenvalue weighted by Crippen LogP contribution is -2.49. The first kappa shape index (κ1) is 23.2. The number of rotatable bonds is 7. The van der Waals surface area contributed by atoms with Gasteiger partial charge < -0.3 is 9.16 Å². The van der Waals surface area contributed by atoms with Crippen molar-refractivity contribution in [1.29, 1.82) is 0 Å². The van der Waals surface area contributed by atoms with Crippen molar-refractivity contribution in [2.24, 2.45) is 5.92 Å². The Balaban J connectivity index is 1.81. The van der Waals surface area contributed by atoms with E-state index in [1.807, 2.05) is 0 Å². The van der Waals surface area contributed by atoms with Crippen LogP contribution in [0.3, 0.4) is 0 Å². The third-order valence-electron chi connectivity index (χ3n) is 7.41. The minimum atomic E-state index is -2.13. The van der Waals surface area contributed by atoms with Crippen molar-refractivity contribution in [3.05, 3.63) is 65.2 Å². The number of ether oxygens (including phenoxy) is 1. The first-order valence-corrected chi connectivity index (χ1v) is 15.4. The Kier molecular flexibility index (Phi) is 6.58. The summed E-state index contributed by atoms with van der Waals surface area (Å²) in [6.07, 6.45) is 9.63. The van der Waals surface area contributed by atoms with Crippen LogP contribution in [0, 0.1) is 5.92 Å². The van der Waals surface area contributed by atoms with Crippen molar-refractivity contribution >= 4 is 13.5 Å². The molecule has 2 aromatic rings. The Hall–Kier alpha value is -2.00. The summed E-state index contributed by atoms with van der Waals surface area (Å²) in [5.74, 6) is 2.95. The highest BCUT2D eigenvalue weighted by molar-refractivity contribution is 6.85. The van der Waals surface area contributed by atoms with Crippen molar-refractivity contribution in [3.63, 3.8) is 0 Å². The number of benzene rings is 2. The number of hydrogen-bond donors (Lipinski definition) is 0. The van der Waals surface area contributed by atoms with Gasteiger partial charge in [0.1, 0.15) is 17.1 Å². The second-order valence-corrected chi connectivity index (χ2v) is 14.6. The van der Waals surface area contributed by atoms with Crippen LogP contribution in [0.1, 0.15) is 76.8 Å². The quantitative estimate of drug-likeness (QED) is 0.248. The van der Waals surface area contributed by atoms with E-state index in [9.17, 15) is 0 Å². The van der Waals surface area contributed by atoms with Crippen molar-refractivity contribution < 1.29 is 9.16 Å². The van der Waals surface area contributed by atoms with Gasteiger partial charge in [0.25, 0.3) is 8.32 Å². The summed E-state index contributed by atoms with van der Waals surface area (Å²) in [7, 11) is -2.13. The van der Waals surface area contributed by atoms with E-state index in [4.69, 9.17) is 9.16 Å². The smallest absolute Gasteiger partial charge is 0.276 e. The molecule has 0 saturated carbocycles. The average molecular weight is 449 g/mol. The maximum atomic E-state index is 7.02. The van der Waals surface area contributed by atoms with Gasteiger partial charge in [0, 0.05) is 17.4 Å². The highest BCUT2D eigenvalue weighted by Gasteiger charge is 2.46. The molecule has 0 bridgehead atoms. The Morgan fingerprint density at radius 1 is 1.09 bits per heavy atom. The molecule has 2 aliphatic rings. The standard InChI is InChI=1S/C29H40O2Si/c1-7-8-10-13-22-19-26-28(24-18-21(2)16-17-25(24)29(3,4)30-26)27(20-22)31-32(5,6)23-14-11-9-12-15-23/h9,11-12,14-15,18-20,24-25H,7-8,10,13,16-17H2,1-6H3. The van der Waals surface area contributed by atoms with Crippen molar-refractivity contribution in [2.75, 3.05) is 0 Å². The lowest BCUT2D eigenvalue weighted by molar-refractivity contribution is 0.0110. The van der Waals surface area contributed by atoms with Gasteiger partial charge in [-0.25, -0.2) is 0 Å². The van der Waals surface area contributed by atoms with Crippen LogP contribution >= 0.6 is 0 Å². The molecule has 172 valence electrons. The van der Waals surface area contributed by atoms with E-state index in [0.29, 0.717) is 11.8 Å². The lowest BCUT2D eigenvalue weighted by Gasteiger charge is -2.47. The molecular weight excluding hydrogens is 408 g/mol. The summed E-state index contributed by atoms with van der Waals surface area (Å²) in [6.45, 7) is 13.7. The molecule has 2 atom stereocenters. The number of fused-ring (bicyclic) bond motifs is 3. The molecule has 4 rings (SSSR count). The highest BCUT2D eigenvalue weighted by atomic mass is 28.4. The molecule has 0 spiro atoms. The Morgan fingerprint density at radius 2 is 1.84 bits per heavy atom. The summed E-state index contributed by atoms with van der Waals surface area (Å²) in [4.78, 5) is 0. The van der Waals surface area contributed by atoms with E-state index in [0.717, 1.165) is 17.9 Å². The van der Waals surface area contributed by atoms with E-state index in [1.165, 1.54) is 54.0 Å². The van der Waals surface area contributed by atoms with Crippen LogP contribution in [0.25, 0.3) is 0 Å². The first-order valence-electron chi connectivity index (χ1n) is 12.5. The Bertz CT molecular complexity index is 974. The first-order chi connectivity index (χ1) is 15.2. The fourth-order valence-corrected chi connectivity index (χ4v) is 7.37. The van der Waals surface area contributed by atoms with Crippen LogP contribution < -0.4 is 14.3 Å². The van der Waals surface area contributed by atoms with Crippen LogP contribution in [-0.4, -0.2) is 13.9 Å². The predicted octanol–water partition coefficient (Wildman–Crippen LogP) is 7.52. The number of hydrogen-bond acceptors (Lipinski definition) is 2. The molecule has 0 amide bonds. The molecule has 1 heterocycles. The monoisotopic (exact) mass is 448 g/mol. The van der Waals surface area contributed by atoms with Crippen LogP contribution in [0.4, 0.5) is 0 Å². The maximum Gasteiger partial charge on any atom is 0.276 e. The van der Waals surface area contributed by atoms with Gasteiger partial charge in [-0.1, -0.05) is 61.7 Å². The zero-order valence-corrected chi connectivity index (χ0v) is 21.8. The van der Waals surface area contributed by atoms with Crippen LogP contribution in [0.5, 0.6) is 11.5 Å². The van der Waals surface area contributed by atoms with E-state index >= 15 is 0 Å². The van der Waals surface area contributed by atoms with E-state index in [-0.39, 0.29) is 5.60 Å². The third-order valence-corrected chi connectivity index (χ3v) is 9.87. The predicted molar refractivity (Wildman–Crippen MR) is 138 cm³/mol. The third kappa shape index (κ3) is 4.68. The minimum Gasteiger partial charge on any atom is -0.539 e. The van der Waals surface area contributed by atoms with Gasteiger partial charge in [-0.3, -0.25) is 0 Å². The molecule has 1 aliphatic carbocycles. The topological polar surface area (TPSA) is 18.5 Å². The maximum absolute atomic E-state index is 7.02. The fourth-order valence-electron chi connectivity index (χ4n) is 5.54. The zero-order chi connectivity index (χ0) is 22.9. The molecule has 1 aliphatic heterocycles. The molecule has 2 unspecified atom stereocenters. The van der Waals surface area contributed by atoms with E-state index in [1.54, 1.807) is 0 Å². The molecule has 3 heteroatoms. The molecular formula is C29H40O2Si. The fraction of sp³-hybridized carbons (Fsp3) is 0.517. The zero-order valence-electron chi connectivity index (χ0n) is 20.8. The summed E-state index contributed by atoms with van der Waals surface area (Å²) in [5, 5.41) is 1.33. The van der Waals surface area contributed by atoms with Crippen molar-refractivity contribution in [2.45, 2.75) is 90.8 Å². The van der Waals surface area contributed by atoms with Crippen LogP contribution in [-0.2, 0) is 6.42 Å². The molecule has 2 aromatic carbocycles. The summed E-state index contributed by atoms with van der Waals surface area (Å²) in [5.41, 5.74) is 3.95. The Morgan fingerprint density at radius 3 is 2.56 bits per heavy atom. The lowest BCUT2D eigenvalue weighted by atomic mass is 9.68. The van der Waals surface area contributed by atoms with Gasteiger partial charge in [-0.2, -0.15) is 0 Å². The summed E-state index contributed by atoms with van der Waals surface area (Å²) < 4.78 is 13.8. The number of unbranched alkanes of at least 4 members (excludes halogenated alkanes) is 2. The normalized spacial score (nSPS) is 21.8. The summed E-state index contributed by atoms with van der Waals surface area (Å²) in [6, 6.07) is 15.4. The molecule has 0 aromatic heterocycles. The van der Waals surface area contributed by atoms with Gasteiger partial charge in [0.15, 0.2) is 0 Å². The van der Waals surface area contributed by atoms with Gasteiger partial charge in [-0.05, 0) is 82.4 Å². The number of aryl methyl sites for hydroxylation is 1. The van der Waals surface area contributed by atoms with Gasteiger partial charge in [0.2, 0.25) is 0 Å². The Labute approximate surface area is 196 Å². The molecule has 32 heavy (non-hydrogen) atoms. The van der Waals surface area contributed by atoms with Crippen LogP contribution in [0.15, 0.2) is 54.1 Å². The minimum absolute atomic E-state index is 0.166. The number of allylic oxidation sites excluding steroid dienone is 2. The van der Waals surface area contributed by atoms with Gasteiger partial charge in [-0.15, -0.1) is 0 Å². The second-order valence-electron chi connectivity index (χ2n) is 10.8. The van der Waals surface area contributed by atoms with Crippen LogP contribution in [0.2, 0.25) is 13.1 Å². The van der Waals surface area contributed by atoms with Crippen molar-refractivity contribution in [1.82, 2.24) is 0 Å². The van der Waals surface area contributed by atoms with E-state index < -0.39 is 8.32 Å². The molecule has 2 nitrogen and oxygen atoms in total. The SMILES string of the molecule is CCCCCc1cc2c(c(O[Si](C)(C)c3ccccc3)c1)C1C=C(C)CCC1C(C)(C)O2. The second kappa shape index (κ2) is 9.09. The van der Waals surface area contributed by atoms with E-state index in [2.05, 4.69) is 89.3 Å². The summed E-state index contributed by atoms with van der Waals surface area (Å²) >= 11 is 0. The van der Waals surface area contributed by atoms with Gasteiger partial charge in [0.05, 0.1) is 0 Å². The molecule has 0 N–H and O–H groups in total. The highest BCUT2D eigenvalue weighted by Crippen LogP contribution is 2.54. The largest absolute Gasteiger partial charge is 0.539 e. The average Bonchev–Trinajstić information content (AvgIpc) is 2.73. The molecule has 0 saturated heterocycles. The van der Waals surface area contributed by atoms with Crippen molar-refractivity contribution in [3.8, 4) is 11.5 Å². The molecule has 0 radical (unpaired) electrons.